The van der Waals surface area contributed by atoms with E-state index in [1.165, 1.54) is 0 Å². The van der Waals surface area contributed by atoms with Gasteiger partial charge in [0.15, 0.2) is 0 Å². The maximum Gasteiger partial charge on any atom is 0.290 e. The minimum Gasteiger partial charge on any atom is -0.497 e. The molecule has 24 heavy (non-hydrogen) atoms. The average Bonchev–Trinajstić information content (AvgIpc) is 3.10. The summed E-state index contributed by atoms with van der Waals surface area (Å²) in [6.45, 7) is 4.24. The van der Waals surface area contributed by atoms with E-state index in [0.29, 0.717) is 17.2 Å². The zero-order chi connectivity index (χ0) is 17.5. The molecule has 2 rings (SSSR count). The van der Waals surface area contributed by atoms with Crippen molar-refractivity contribution >= 4 is 5.91 Å². The number of hydrogen-bond acceptors (Lipinski definition) is 5. The monoisotopic (exact) mass is 332 g/mol. The molecule has 0 saturated heterocycles. The lowest BCUT2D eigenvalue weighted by molar-refractivity contribution is 0.0880. The summed E-state index contributed by atoms with van der Waals surface area (Å²) in [4.78, 5) is 12.1. The molecule has 0 bridgehead atoms. The van der Waals surface area contributed by atoms with Crippen LogP contribution in [-0.4, -0.2) is 29.8 Å². The van der Waals surface area contributed by atoms with Crippen LogP contribution < -0.4 is 10.1 Å². The van der Waals surface area contributed by atoms with Crippen LogP contribution in [0.4, 0.5) is 0 Å². The van der Waals surface area contributed by atoms with Crippen molar-refractivity contribution in [2.75, 3.05) is 13.7 Å². The van der Waals surface area contributed by atoms with Gasteiger partial charge in [-0.2, -0.15) is 0 Å². The van der Waals surface area contributed by atoms with Crippen LogP contribution in [0.1, 0.15) is 60.5 Å². The first-order valence-corrected chi connectivity index (χ1v) is 8.15. The number of aliphatic hydroxyl groups is 1. The third-order valence-electron chi connectivity index (χ3n) is 4.11. The van der Waals surface area contributed by atoms with Gasteiger partial charge in [-0.25, -0.2) is 0 Å². The zero-order valence-corrected chi connectivity index (χ0v) is 14.3. The van der Waals surface area contributed by atoms with Crippen LogP contribution in [0, 0.1) is 0 Å². The van der Waals surface area contributed by atoms with Crippen LogP contribution in [0.15, 0.2) is 34.9 Å². The highest BCUT2D eigenvalue weighted by Crippen LogP contribution is 2.22. The third-order valence-corrected chi connectivity index (χ3v) is 4.11. The summed E-state index contributed by atoms with van der Waals surface area (Å²) in [7, 11) is 1.58. The number of nitrogens with one attached hydrogen (secondary N) is 1. The van der Waals surface area contributed by atoms with Gasteiger partial charge in [-0.05, 0) is 30.5 Å². The maximum absolute atomic E-state index is 12.1. The summed E-state index contributed by atoms with van der Waals surface area (Å²) in [5.74, 6) is 0.789. The summed E-state index contributed by atoms with van der Waals surface area (Å²) in [6.07, 6.45) is 1.09. The normalized spacial score (nSPS) is 12.2. The van der Waals surface area contributed by atoms with Gasteiger partial charge >= 0.3 is 0 Å². The maximum atomic E-state index is 12.1. The van der Waals surface area contributed by atoms with Crippen molar-refractivity contribution in [3.05, 3.63) is 47.3 Å². The standard InChI is InChI=1S/C18H24N2O4/c1-4-12(5-2)15-10-17(24-20-15)18(22)19-11-16(21)13-6-8-14(23-3)9-7-13/h6-10,12,16,21H,4-5,11H2,1-3H3,(H,19,22). The second kappa shape index (κ2) is 8.49. The molecule has 1 heterocycles. The Morgan fingerprint density at radius 3 is 2.54 bits per heavy atom. The highest BCUT2D eigenvalue weighted by atomic mass is 16.5. The molecule has 1 amide bonds. The summed E-state index contributed by atoms with van der Waals surface area (Å²) >= 11 is 0. The molecule has 0 radical (unpaired) electrons. The average molecular weight is 332 g/mol. The van der Waals surface area contributed by atoms with Crippen LogP contribution in [0.2, 0.25) is 0 Å². The number of ether oxygens (including phenoxy) is 1. The lowest BCUT2D eigenvalue weighted by Crippen LogP contribution is -2.28. The van der Waals surface area contributed by atoms with Gasteiger partial charge in [-0.15, -0.1) is 0 Å². The van der Waals surface area contributed by atoms with Gasteiger partial charge in [0.2, 0.25) is 5.76 Å². The van der Waals surface area contributed by atoms with E-state index < -0.39 is 6.10 Å². The summed E-state index contributed by atoms with van der Waals surface area (Å²) in [6, 6.07) is 8.72. The molecule has 0 saturated carbocycles. The Balaban J connectivity index is 1.92. The first-order chi connectivity index (χ1) is 11.6. The molecule has 130 valence electrons. The second-order valence-corrected chi connectivity index (χ2v) is 5.63. The van der Waals surface area contributed by atoms with Crippen molar-refractivity contribution in [3.63, 3.8) is 0 Å². The minimum atomic E-state index is -0.804. The molecule has 2 aromatic rings. The van der Waals surface area contributed by atoms with Gasteiger partial charge < -0.3 is 19.7 Å². The third kappa shape index (κ3) is 4.35. The number of rotatable bonds is 8. The lowest BCUT2D eigenvalue weighted by atomic mass is 9.99. The molecule has 1 unspecified atom stereocenters. The molecule has 1 aromatic carbocycles. The van der Waals surface area contributed by atoms with Gasteiger partial charge in [-0.1, -0.05) is 31.1 Å². The predicted molar refractivity (Wildman–Crippen MR) is 90.1 cm³/mol. The number of carbonyl (C=O) groups is 1. The molecule has 6 heteroatoms. The minimum absolute atomic E-state index is 0.0895. The number of amides is 1. The summed E-state index contributed by atoms with van der Waals surface area (Å²) in [5, 5.41) is 16.8. The van der Waals surface area contributed by atoms with Crippen molar-refractivity contribution < 1.29 is 19.2 Å². The highest BCUT2D eigenvalue weighted by Gasteiger charge is 2.18. The highest BCUT2D eigenvalue weighted by molar-refractivity contribution is 5.91. The van der Waals surface area contributed by atoms with E-state index in [-0.39, 0.29) is 18.2 Å². The van der Waals surface area contributed by atoms with Crippen LogP contribution in [0.25, 0.3) is 0 Å². The van der Waals surface area contributed by atoms with E-state index in [1.54, 1.807) is 37.4 Å². The van der Waals surface area contributed by atoms with E-state index in [9.17, 15) is 9.90 Å². The molecule has 2 N–H and O–H groups in total. The Labute approximate surface area is 141 Å². The first-order valence-electron chi connectivity index (χ1n) is 8.15. The molecule has 0 aliphatic carbocycles. The molecular weight excluding hydrogens is 308 g/mol. The van der Waals surface area contributed by atoms with Crippen molar-refractivity contribution in [3.8, 4) is 5.75 Å². The van der Waals surface area contributed by atoms with Crippen molar-refractivity contribution in [2.24, 2.45) is 0 Å². The molecular formula is C18H24N2O4. The fourth-order valence-corrected chi connectivity index (χ4v) is 2.52. The van der Waals surface area contributed by atoms with E-state index >= 15 is 0 Å². The fourth-order valence-electron chi connectivity index (χ4n) is 2.52. The Kier molecular flexibility index (Phi) is 6.37. The summed E-state index contributed by atoms with van der Waals surface area (Å²) < 4.78 is 10.2. The van der Waals surface area contributed by atoms with Gasteiger partial charge in [0.1, 0.15) is 5.75 Å². The van der Waals surface area contributed by atoms with Crippen LogP contribution in [-0.2, 0) is 0 Å². The second-order valence-electron chi connectivity index (χ2n) is 5.63. The van der Waals surface area contributed by atoms with Crippen molar-refractivity contribution in [2.45, 2.75) is 38.7 Å². The van der Waals surface area contributed by atoms with Gasteiger partial charge in [0, 0.05) is 18.5 Å². The smallest absolute Gasteiger partial charge is 0.290 e. The van der Waals surface area contributed by atoms with E-state index in [1.807, 2.05) is 0 Å². The van der Waals surface area contributed by atoms with Gasteiger partial charge in [-0.3, -0.25) is 4.79 Å². The van der Waals surface area contributed by atoms with Crippen molar-refractivity contribution in [1.29, 1.82) is 0 Å². The topological polar surface area (TPSA) is 84.6 Å². The number of nitrogens with zero attached hydrogens (tertiary/aromatic N) is 1. The number of methoxy groups -OCH3 is 1. The number of hydrogen-bond donors (Lipinski definition) is 2. The number of aliphatic hydroxyl groups excluding tert-OH is 1. The van der Waals surface area contributed by atoms with E-state index in [0.717, 1.165) is 18.5 Å². The molecule has 0 aliphatic rings. The molecule has 0 aliphatic heterocycles. The predicted octanol–water partition coefficient (Wildman–Crippen LogP) is 3.05. The van der Waals surface area contributed by atoms with Crippen LogP contribution in [0.3, 0.4) is 0 Å². The Bertz CT molecular complexity index is 647. The van der Waals surface area contributed by atoms with Crippen LogP contribution >= 0.6 is 0 Å². The lowest BCUT2D eigenvalue weighted by Gasteiger charge is -2.12. The number of carbonyl (C=O) groups excluding carboxylic acids is 1. The Morgan fingerprint density at radius 1 is 1.29 bits per heavy atom. The van der Waals surface area contributed by atoms with Gasteiger partial charge in [0.05, 0.1) is 18.9 Å². The molecule has 0 spiro atoms. The molecule has 1 atom stereocenters. The Morgan fingerprint density at radius 2 is 1.96 bits per heavy atom. The van der Waals surface area contributed by atoms with Gasteiger partial charge in [0.25, 0.3) is 5.91 Å². The first kappa shape index (κ1) is 18.0. The largest absolute Gasteiger partial charge is 0.497 e. The fraction of sp³-hybridized carbons (Fsp3) is 0.444. The Hall–Kier alpha value is -2.34. The zero-order valence-electron chi connectivity index (χ0n) is 14.3. The summed E-state index contributed by atoms with van der Waals surface area (Å²) in [5.41, 5.74) is 1.49. The molecule has 1 aromatic heterocycles. The van der Waals surface area contributed by atoms with E-state index in [2.05, 4.69) is 24.3 Å². The SMILES string of the molecule is CCC(CC)c1cc(C(=O)NCC(O)c2ccc(OC)cc2)on1. The number of benzene rings is 1. The quantitative estimate of drug-likeness (QED) is 0.776. The van der Waals surface area contributed by atoms with Crippen molar-refractivity contribution in [1.82, 2.24) is 10.5 Å². The van der Waals surface area contributed by atoms with Crippen LogP contribution in [0.5, 0.6) is 5.75 Å². The van der Waals surface area contributed by atoms with E-state index in [4.69, 9.17) is 9.26 Å². The molecule has 0 fully saturated rings. The molecule has 6 nitrogen and oxygen atoms in total. The number of aromatic nitrogens is 1.